The number of para-hydroxylation sites is 1. The third kappa shape index (κ3) is 4.98. The number of ether oxygens (including phenoxy) is 3. The van der Waals surface area contributed by atoms with E-state index < -0.39 is 0 Å². The zero-order chi connectivity index (χ0) is 24.2. The Balaban J connectivity index is 1.45. The summed E-state index contributed by atoms with van der Waals surface area (Å²) in [6, 6.07) is 28.5. The highest BCUT2D eigenvalue weighted by molar-refractivity contribution is 6.30. The van der Waals surface area contributed by atoms with Crippen molar-refractivity contribution in [3.8, 4) is 34.4 Å². The van der Waals surface area contributed by atoms with Gasteiger partial charge in [-0.3, -0.25) is 0 Å². The molecular formula is C28H22ClN3O3. The van der Waals surface area contributed by atoms with E-state index >= 15 is 0 Å². The number of hydrogen-bond donors (Lipinski definition) is 1. The highest BCUT2D eigenvalue weighted by Gasteiger charge is 2.13. The molecule has 6 nitrogen and oxygen atoms in total. The molecule has 0 saturated heterocycles. The molecule has 0 radical (unpaired) electrons. The van der Waals surface area contributed by atoms with E-state index in [0.717, 1.165) is 33.7 Å². The van der Waals surface area contributed by atoms with Gasteiger partial charge in [-0.1, -0.05) is 23.7 Å². The molecule has 5 aromatic rings. The van der Waals surface area contributed by atoms with E-state index in [0.29, 0.717) is 28.2 Å². The maximum atomic E-state index is 5.95. The summed E-state index contributed by atoms with van der Waals surface area (Å²) in [5.41, 5.74) is 2.52. The van der Waals surface area contributed by atoms with Gasteiger partial charge in [-0.15, -0.1) is 0 Å². The molecule has 0 unspecified atom stereocenters. The van der Waals surface area contributed by atoms with E-state index in [1.165, 1.54) is 0 Å². The number of nitrogens with zero attached hydrogens (tertiary/aromatic N) is 2. The molecule has 4 aromatic carbocycles. The molecule has 0 aliphatic carbocycles. The van der Waals surface area contributed by atoms with Crippen LogP contribution in [0.3, 0.4) is 0 Å². The van der Waals surface area contributed by atoms with Crippen LogP contribution >= 0.6 is 11.6 Å². The zero-order valence-electron chi connectivity index (χ0n) is 19.2. The van der Waals surface area contributed by atoms with Crippen molar-refractivity contribution < 1.29 is 14.2 Å². The van der Waals surface area contributed by atoms with E-state index in [4.69, 9.17) is 35.8 Å². The molecule has 0 aliphatic heterocycles. The van der Waals surface area contributed by atoms with Gasteiger partial charge in [-0.25, -0.2) is 9.97 Å². The van der Waals surface area contributed by atoms with Crippen molar-refractivity contribution in [3.63, 3.8) is 0 Å². The number of fused-ring (bicyclic) bond motifs is 1. The molecule has 0 atom stereocenters. The predicted octanol–water partition coefficient (Wildman–Crippen LogP) is 7.50. The number of benzene rings is 4. The Labute approximate surface area is 208 Å². The summed E-state index contributed by atoms with van der Waals surface area (Å²) < 4.78 is 16.7. The largest absolute Gasteiger partial charge is 0.493 e. The van der Waals surface area contributed by atoms with Crippen molar-refractivity contribution in [3.05, 3.63) is 96.0 Å². The normalized spacial score (nSPS) is 10.7. The van der Waals surface area contributed by atoms with E-state index in [1.54, 1.807) is 26.4 Å². The number of halogens is 1. The van der Waals surface area contributed by atoms with Crippen LogP contribution in [-0.4, -0.2) is 24.2 Å². The van der Waals surface area contributed by atoms with E-state index in [2.05, 4.69) is 5.32 Å². The number of hydrogen-bond acceptors (Lipinski definition) is 6. The second kappa shape index (κ2) is 9.91. The smallest absolute Gasteiger partial charge is 0.162 e. The topological polar surface area (TPSA) is 65.5 Å². The van der Waals surface area contributed by atoms with E-state index in [-0.39, 0.29) is 0 Å². The maximum Gasteiger partial charge on any atom is 0.162 e. The molecule has 1 heterocycles. The highest BCUT2D eigenvalue weighted by atomic mass is 35.5. The van der Waals surface area contributed by atoms with Crippen molar-refractivity contribution in [2.45, 2.75) is 0 Å². The summed E-state index contributed by atoms with van der Waals surface area (Å²) in [5, 5.41) is 5.01. The highest BCUT2D eigenvalue weighted by Crippen LogP contribution is 2.33. The lowest BCUT2D eigenvalue weighted by Crippen LogP contribution is -2.00. The molecule has 7 heteroatoms. The predicted molar refractivity (Wildman–Crippen MR) is 139 cm³/mol. The van der Waals surface area contributed by atoms with Gasteiger partial charge in [0.25, 0.3) is 0 Å². The van der Waals surface area contributed by atoms with Gasteiger partial charge < -0.3 is 19.5 Å². The van der Waals surface area contributed by atoms with Crippen molar-refractivity contribution >= 4 is 34.0 Å². The first kappa shape index (κ1) is 22.5. The summed E-state index contributed by atoms with van der Waals surface area (Å²) in [6.07, 6.45) is 0. The fourth-order valence-electron chi connectivity index (χ4n) is 3.66. The molecule has 1 aromatic heterocycles. The minimum atomic E-state index is 0.579. The Morgan fingerprint density at radius 2 is 1.40 bits per heavy atom. The van der Waals surface area contributed by atoms with Gasteiger partial charge in [0.2, 0.25) is 0 Å². The number of anilines is 2. The minimum Gasteiger partial charge on any atom is -0.493 e. The summed E-state index contributed by atoms with van der Waals surface area (Å²) >= 11 is 5.95. The second-order valence-electron chi connectivity index (χ2n) is 7.69. The number of rotatable bonds is 7. The fraction of sp³-hybridized carbons (Fsp3) is 0.0714. The summed E-state index contributed by atoms with van der Waals surface area (Å²) in [5.74, 6) is 3.98. The van der Waals surface area contributed by atoms with Crippen LogP contribution in [0, 0.1) is 0 Å². The van der Waals surface area contributed by atoms with Crippen LogP contribution in [0.5, 0.6) is 23.0 Å². The fourth-order valence-corrected chi connectivity index (χ4v) is 3.78. The Hall–Kier alpha value is -4.29. The first-order valence-electron chi connectivity index (χ1n) is 10.9. The SMILES string of the molecule is COc1ccc(-c2nc(Nc3ccc(Oc4ccc(Cl)cc4)cc3)c3ccccc3n2)cc1OC. The molecule has 0 bridgehead atoms. The average Bonchev–Trinajstić information content (AvgIpc) is 2.90. The van der Waals surface area contributed by atoms with Crippen molar-refractivity contribution in [2.75, 3.05) is 19.5 Å². The minimum absolute atomic E-state index is 0.579. The molecular weight excluding hydrogens is 462 g/mol. The van der Waals surface area contributed by atoms with Gasteiger partial charge >= 0.3 is 0 Å². The third-order valence-corrected chi connectivity index (χ3v) is 5.66. The number of methoxy groups -OCH3 is 2. The van der Waals surface area contributed by atoms with Crippen molar-refractivity contribution in [1.29, 1.82) is 0 Å². The molecule has 0 fully saturated rings. The molecule has 5 rings (SSSR count). The Kier molecular flexibility index (Phi) is 6.37. The van der Waals surface area contributed by atoms with E-state index in [9.17, 15) is 0 Å². The van der Waals surface area contributed by atoms with Gasteiger partial charge in [0, 0.05) is 21.7 Å². The van der Waals surface area contributed by atoms with Gasteiger partial charge in [0.15, 0.2) is 17.3 Å². The standard InChI is InChI=1S/C28H22ClN3O3/c1-33-25-16-7-18(17-26(25)34-2)27-31-24-6-4-3-5-23(24)28(32-27)30-20-10-14-22(15-11-20)35-21-12-8-19(29)9-13-21/h3-17H,1-2H3,(H,30,31,32). The Bertz CT molecular complexity index is 1470. The molecule has 1 N–H and O–H groups in total. The molecule has 35 heavy (non-hydrogen) atoms. The first-order chi connectivity index (χ1) is 17.1. The molecule has 174 valence electrons. The second-order valence-corrected chi connectivity index (χ2v) is 8.12. The van der Waals surface area contributed by atoms with Crippen LogP contribution in [0.25, 0.3) is 22.3 Å². The first-order valence-corrected chi connectivity index (χ1v) is 11.3. The zero-order valence-corrected chi connectivity index (χ0v) is 19.9. The Morgan fingerprint density at radius 1 is 0.714 bits per heavy atom. The van der Waals surface area contributed by atoms with Gasteiger partial charge in [-0.2, -0.15) is 0 Å². The van der Waals surface area contributed by atoms with Gasteiger partial charge in [-0.05, 0) is 78.9 Å². The van der Waals surface area contributed by atoms with Crippen LogP contribution < -0.4 is 19.5 Å². The van der Waals surface area contributed by atoms with Crippen molar-refractivity contribution in [1.82, 2.24) is 9.97 Å². The van der Waals surface area contributed by atoms with Crippen LogP contribution in [0.2, 0.25) is 5.02 Å². The quantitative estimate of drug-likeness (QED) is 0.258. The summed E-state index contributed by atoms with van der Waals surface area (Å²) in [7, 11) is 3.22. The molecule has 0 spiro atoms. The van der Waals surface area contributed by atoms with Crippen LogP contribution in [-0.2, 0) is 0 Å². The summed E-state index contributed by atoms with van der Waals surface area (Å²) in [4.78, 5) is 9.60. The Morgan fingerprint density at radius 3 is 2.11 bits per heavy atom. The van der Waals surface area contributed by atoms with E-state index in [1.807, 2.05) is 78.9 Å². The van der Waals surface area contributed by atoms with Crippen molar-refractivity contribution in [2.24, 2.45) is 0 Å². The lowest BCUT2D eigenvalue weighted by Gasteiger charge is -2.13. The van der Waals surface area contributed by atoms with Crippen LogP contribution in [0.4, 0.5) is 11.5 Å². The monoisotopic (exact) mass is 483 g/mol. The number of nitrogens with one attached hydrogen (secondary N) is 1. The summed E-state index contributed by atoms with van der Waals surface area (Å²) in [6.45, 7) is 0. The molecule has 0 aliphatic rings. The lowest BCUT2D eigenvalue weighted by atomic mass is 10.1. The average molecular weight is 484 g/mol. The molecule has 0 saturated carbocycles. The molecule has 0 amide bonds. The number of aromatic nitrogens is 2. The van der Waals surface area contributed by atoms with Crippen LogP contribution in [0.15, 0.2) is 91.0 Å². The van der Waals surface area contributed by atoms with Gasteiger partial charge in [0.1, 0.15) is 17.3 Å². The maximum absolute atomic E-state index is 5.95. The lowest BCUT2D eigenvalue weighted by molar-refractivity contribution is 0.355. The van der Waals surface area contributed by atoms with Crippen LogP contribution in [0.1, 0.15) is 0 Å². The van der Waals surface area contributed by atoms with Gasteiger partial charge in [0.05, 0.1) is 19.7 Å². The third-order valence-electron chi connectivity index (χ3n) is 5.41.